The van der Waals surface area contributed by atoms with Crippen LogP contribution in [-0.2, 0) is 27.4 Å². The maximum Gasteiger partial charge on any atom is 0.262 e. The average Bonchev–Trinajstić information content (AvgIpc) is 3.32. The van der Waals surface area contributed by atoms with Crippen molar-refractivity contribution in [2.75, 3.05) is 5.06 Å². The molecule has 2 aliphatic rings. The number of fused-ring (bicyclic) bond motifs is 1. The third-order valence-corrected chi connectivity index (χ3v) is 6.13. The van der Waals surface area contributed by atoms with Crippen LogP contribution in [0.5, 0.6) is 0 Å². The second-order valence-electron chi connectivity index (χ2n) is 8.00. The van der Waals surface area contributed by atoms with E-state index >= 15 is 0 Å². The highest BCUT2D eigenvalue weighted by molar-refractivity contribution is 6.07. The number of anilines is 1. The molecule has 0 aliphatic carbocycles. The monoisotopic (exact) mass is 412 g/mol. The van der Waals surface area contributed by atoms with Gasteiger partial charge in [-0.25, -0.2) is 5.06 Å². The van der Waals surface area contributed by atoms with Crippen molar-refractivity contribution in [2.24, 2.45) is 5.92 Å². The molecule has 2 amide bonds. The zero-order valence-corrected chi connectivity index (χ0v) is 17.3. The molecule has 3 aromatic rings. The van der Waals surface area contributed by atoms with Crippen LogP contribution in [0.3, 0.4) is 0 Å². The Morgan fingerprint density at radius 1 is 0.774 bits per heavy atom. The molecule has 156 valence electrons. The van der Waals surface area contributed by atoms with E-state index in [2.05, 4.69) is 19.1 Å². The van der Waals surface area contributed by atoms with Crippen molar-refractivity contribution in [2.45, 2.75) is 32.0 Å². The predicted molar refractivity (Wildman–Crippen MR) is 118 cm³/mol. The number of hydrogen-bond donors (Lipinski definition) is 0. The van der Waals surface area contributed by atoms with Gasteiger partial charge < -0.3 is 0 Å². The van der Waals surface area contributed by atoms with Crippen LogP contribution >= 0.6 is 0 Å². The Labute approximate surface area is 181 Å². The molecule has 2 fully saturated rings. The van der Waals surface area contributed by atoms with Gasteiger partial charge in [-0.3, -0.25) is 19.3 Å². The van der Waals surface area contributed by atoms with E-state index < -0.39 is 12.0 Å². The molecule has 5 rings (SSSR count). The minimum atomic E-state index is -0.813. The van der Waals surface area contributed by atoms with E-state index in [9.17, 15) is 9.59 Å². The van der Waals surface area contributed by atoms with Gasteiger partial charge in [0.1, 0.15) is 5.92 Å². The van der Waals surface area contributed by atoms with Crippen LogP contribution in [-0.4, -0.2) is 22.8 Å². The second kappa shape index (κ2) is 8.00. The first-order valence-electron chi connectivity index (χ1n) is 10.7. The highest BCUT2D eigenvalue weighted by Crippen LogP contribution is 2.46. The minimum Gasteiger partial charge on any atom is -0.275 e. The molecule has 3 aromatic carbocycles. The fourth-order valence-electron chi connectivity index (χ4n) is 4.48. The maximum absolute atomic E-state index is 13.5. The smallest absolute Gasteiger partial charge is 0.262 e. The maximum atomic E-state index is 13.5. The molecule has 2 saturated heterocycles. The van der Waals surface area contributed by atoms with Crippen molar-refractivity contribution in [1.82, 2.24) is 4.90 Å². The molecule has 2 aliphatic heterocycles. The zero-order valence-electron chi connectivity index (χ0n) is 17.3. The van der Waals surface area contributed by atoms with Crippen LogP contribution in [0.2, 0.25) is 0 Å². The molecule has 0 radical (unpaired) electrons. The standard InChI is InChI=1S/C26H24N2O3/c1-2-18-13-15-20(16-14-18)23-22-24(31-28(23)21-11-7-4-8-12-21)26(30)27(25(22)29)17-19-9-5-3-6-10-19/h3-16,22-24H,2,17H2,1H3/t22-,23-,24-/m0/s1. The number of aryl methyl sites for hydroxylation is 1. The van der Waals surface area contributed by atoms with E-state index in [1.807, 2.05) is 72.8 Å². The first kappa shape index (κ1) is 19.5. The van der Waals surface area contributed by atoms with Gasteiger partial charge in [-0.15, -0.1) is 0 Å². The first-order valence-corrected chi connectivity index (χ1v) is 10.7. The van der Waals surface area contributed by atoms with Gasteiger partial charge >= 0.3 is 0 Å². The Bertz CT molecular complexity index is 1080. The molecule has 0 aromatic heterocycles. The van der Waals surface area contributed by atoms with E-state index in [0.717, 1.165) is 23.2 Å². The first-order chi connectivity index (χ1) is 15.2. The van der Waals surface area contributed by atoms with Crippen molar-refractivity contribution < 1.29 is 14.4 Å². The third-order valence-electron chi connectivity index (χ3n) is 6.13. The molecule has 3 atom stereocenters. The van der Waals surface area contributed by atoms with Crippen LogP contribution in [0.25, 0.3) is 0 Å². The molecule has 0 saturated carbocycles. The molecule has 31 heavy (non-hydrogen) atoms. The molecule has 0 unspecified atom stereocenters. The van der Waals surface area contributed by atoms with Gasteiger partial charge in [0.05, 0.1) is 18.3 Å². The zero-order chi connectivity index (χ0) is 21.4. The highest BCUT2D eigenvalue weighted by Gasteiger charge is 2.59. The third kappa shape index (κ3) is 3.41. The average molecular weight is 412 g/mol. The normalized spacial score (nSPS) is 22.8. The van der Waals surface area contributed by atoms with Crippen LogP contribution in [0.15, 0.2) is 84.9 Å². The number of likely N-dealkylation sites (tertiary alicyclic amines) is 1. The van der Waals surface area contributed by atoms with E-state index in [1.54, 1.807) is 5.06 Å². The Hall–Kier alpha value is -3.44. The lowest BCUT2D eigenvalue weighted by molar-refractivity contribution is -0.143. The van der Waals surface area contributed by atoms with Crippen molar-refractivity contribution in [1.29, 1.82) is 0 Å². The van der Waals surface area contributed by atoms with Crippen LogP contribution in [0.4, 0.5) is 5.69 Å². The van der Waals surface area contributed by atoms with Gasteiger partial charge in [0.25, 0.3) is 5.91 Å². The van der Waals surface area contributed by atoms with Crippen molar-refractivity contribution >= 4 is 17.5 Å². The summed E-state index contributed by atoms with van der Waals surface area (Å²) in [5.41, 5.74) is 3.95. The number of carbonyl (C=O) groups is 2. The number of para-hydroxylation sites is 1. The number of amides is 2. The Morgan fingerprint density at radius 3 is 2.06 bits per heavy atom. The van der Waals surface area contributed by atoms with Crippen LogP contribution in [0, 0.1) is 5.92 Å². The van der Waals surface area contributed by atoms with Gasteiger partial charge in [0.15, 0.2) is 6.10 Å². The lowest BCUT2D eigenvalue weighted by Gasteiger charge is -2.29. The lowest BCUT2D eigenvalue weighted by Crippen LogP contribution is -2.36. The molecular weight excluding hydrogens is 388 g/mol. The summed E-state index contributed by atoms with van der Waals surface area (Å²) < 4.78 is 0. The number of carbonyl (C=O) groups excluding carboxylic acids is 2. The van der Waals surface area contributed by atoms with Crippen molar-refractivity contribution in [3.05, 3.63) is 102 Å². The summed E-state index contributed by atoms with van der Waals surface area (Å²) >= 11 is 0. The number of nitrogens with zero attached hydrogens (tertiary/aromatic N) is 2. The topological polar surface area (TPSA) is 49.9 Å². The summed E-state index contributed by atoms with van der Waals surface area (Å²) in [4.78, 5) is 34.2. The van der Waals surface area contributed by atoms with Gasteiger partial charge in [-0.2, -0.15) is 0 Å². The van der Waals surface area contributed by atoms with Crippen LogP contribution in [0.1, 0.15) is 29.7 Å². The van der Waals surface area contributed by atoms with E-state index in [4.69, 9.17) is 4.84 Å². The molecule has 2 heterocycles. The van der Waals surface area contributed by atoms with Crippen molar-refractivity contribution in [3.8, 4) is 0 Å². The molecule has 0 N–H and O–H groups in total. The summed E-state index contributed by atoms with van der Waals surface area (Å²) in [7, 11) is 0. The SMILES string of the molecule is CCc1ccc([C@H]2[C@@H]3C(=O)N(Cc4ccccc4)C(=O)[C@H]3ON2c2ccccc2)cc1. The largest absolute Gasteiger partial charge is 0.275 e. The summed E-state index contributed by atoms with van der Waals surface area (Å²) in [6.07, 6.45) is 0.130. The predicted octanol–water partition coefficient (Wildman–Crippen LogP) is 4.30. The molecule has 0 spiro atoms. The summed E-state index contributed by atoms with van der Waals surface area (Å²) in [6, 6.07) is 27.1. The van der Waals surface area contributed by atoms with Gasteiger partial charge in [-0.05, 0) is 35.2 Å². The summed E-state index contributed by atoms with van der Waals surface area (Å²) in [5, 5.41) is 1.74. The quantitative estimate of drug-likeness (QED) is 0.587. The number of hydrogen-bond acceptors (Lipinski definition) is 4. The number of imide groups is 1. The van der Waals surface area contributed by atoms with Gasteiger partial charge in [0.2, 0.25) is 5.91 Å². The molecule has 5 nitrogen and oxygen atoms in total. The van der Waals surface area contributed by atoms with Crippen molar-refractivity contribution in [3.63, 3.8) is 0 Å². The Kier molecular flexibility index (Phi) is 5.04. The highest BCUT2D eigenvalue weighted by atomic mass is 16.7. The molecular formula is C26H24N2O3. The van der Waals surface area contributed by atoms with E-state index in [1.165, 1.54) is 10.5 Å². The molecule has 0 bridgehead atoms. The number of benzene rings is 3. The molecule has 5 heteroatoms. The second-order valence-corrected chi connectivity index (χ2v) is 8.00. The Balaban J connectivity index is 1.52. The van der Waals surface area contributed by atoms with E-state index in [-0.39, 0.29) is 24.4 Å². The Morgan fingerprint density at radius 2 is 1.42 bits per heavy atom. The number of hydroxylamine groups is 1. The van der Waals surface area contributed by atoms with E-state index in [0.29, 0.717) is 0 Å². The van der Waals surface area contributed by atoms with Crippen LogP contribution < -0.4 is 5.06 Å². The summed E-state index contributed by atoms with van der Waals surface area (Å²) in [6.45, 7) is 2.38. The fourth-order valence-corrected chi connectivity index (χ4v) is 4.48. The van der Waals surface area contributed by atoms with Gasteiger partial charge in [-0.1, -0.05) is 79.7 Å². The fraction of sp³-hybridized carbons (Fsp3) is 0.231. The summed E-state index contributed by atoms with van der Waals surface area (Å²) in [5.74, 6) is -1.03. The van der Waals surface area contributed by atoms with Gasteiger partial charge in [0, 0.05) is 0 Å². The number of rotatable bonds is 5. The minimum absolute atomic E-state index is 0.179. The lowest BCUT2D eigenvalue weighted by atomic mass is 9.90.